The van der Waals surface area contributed by atoms with Crippen LogP contribution in [0.15, 0.2) is 222 Å². The van der Waals surface area contributed by atoms with Gasteiger partial charge in [-0.3, -0.25) is 0 Å². The molecule has 62 heavy (non-hydrogen) atoms. The molecule has 0 aliphatic carbocycles. The second-order valence-corrected chi connectivity index (χ2v) is 14.1. The largest absolute Gasteiger partial charge is 0.456 e. The van der Waals surface area contributed by atoms with Crippen molar-refractivity contribution in [2.75, 3.05) is 0 Å². The Labute approximate surface area is 384 Å². The van der Waals surface area contributed by atoms with Gasteiger partial charge in [-0.2, -0.15) is 0 Å². The van der Waals surface area contributed by atoms with Crippen molar-refractivity contribution in [3.63, 3.8) is 0 Å². The Morgan fingerprint density at radius 2 is 1.05 bits per heavy atom. The first-order valence-electron chi connectivity index (χ1n) is 28.8. The molecule has 0 aliphatic rings. The normalized spacial score (nSPS) is 15.8. The lowest BCUT2D eigenvalue weighted by Gasteiger charge is -2.17. The molecular weight excluding hydrogens is 757 g/mol. The van der Waals surface area contributed by atoms with Gasteiger partial charge in [-0.1, -0.05) is 170 Å². The summed E-state index contributed by atoms with van der Waals surface area (Å²) in [5, 5.41) is -1.07. The lowest BCUT2D eigenvalue weighted by Crippen LogP contribution is -2.04. The number of furan rings is 1. The molecule has 0 saturated heterocycles. The van der Waals surface area contributed by atoms with Crippen molar-refractivity contribution in [2.45, 2.75) is 0 Å². The van der Waals surface area contributed by atoms with E-state index in [9.17, 15) is 8.22 Å². The summed E-state index contributed by atoms with van der Waals surface area (Å²) in [6.45, 7) is 0. The van der Waals surface area contributed by atoms with Crippen molar-refractivity contribution in [3.05, 3.63) is 218 Å². The van der Waals surface area contributed by atoms with Crippen molar-refractivity contribution < 1.29 is 30.5 Å². The van der Waals surface area contributed by atoms with Crippen LogP contribution in [0.1, 0.15) is 26.0 Å². The molecule has 5 nitrogen and oxygen atoms in total. The van der Waals surface area contributed by atoms with Crippen LogP contribution in [0, 0.1) is 0 Å². The summed E-state index contributed by atoms with van der Waals surface area (Å²) in [5.74, 6) is 0.272. The lowest BCUT2D eigenvalue weighted by molar-refractivity contribution is 0.669. The van der Waals surface area contributed by atoms with Gasteiger partial charge >= 0.3 is 0 Å². The van der Waals surface area contributed by atoms with Crippen molar-refractivity contribution in [1.82, 2.24) is 19.5 Å². The highest BCUT2D eigenvalue weighted by Gasteiger charge is 2.22. The molecule has 0 fully saturated rings. The number of nitrogens with zero attached hydrogens (tertiary/aromatic N) is 4. The number of hydrogen-bond donors (Lipinski definition) is 0. The number of fused-ring (bicyclic) bond motifs is 6. The molecule has 290 valence electrons. The molecule has 12 rings (SSSR count). The average molecular weight is 812 g/mol. The van der Waals surface area contributed by atoms with E-state index in [1.165, 1.54) is 22.8 Å². The summed E-state index contributed by atoms with van der Waals surface area (Å²) in [5.41, 5.74) is -0.0303. The summed E-state index contributed by atoms with van der Waals surface area (Å²) < 4.78 is 179. The molecule has 0 saturated carbocycles. The van der Waals surface area contributed by atoms with E-state index >= 15 is 0 Å². The number of rotatable bonds is 7. The smallest absolute Gasteiger partial charge is 0.166 e. The Balaban J connectivity index is 1.28. The van der Waals surface area contributed by atoms with Gasteiger partial charge in [0.25, 0.3) is 0 Å². The molecule has 0 radical (unpaired) electrons. The van der Waals surface area contributed by atoms with E-state index < -0.39 is 126 Å². The quantitative estimate of drug-likeness (QED) is 0.161. The van der Waals surface area contributed by atoms with Crippen molar-refractivity contribution >= 4 is 43.7 Å². The highest BCUT2D eigenvalue weighted by Crippen LogP contribution is 2.42. The molecule has 3 aromatic heterocycles. The summed E-state index contributed by atoms with van der Waals surface area (Å²) in [4.78, 5) is 15.0. The molecule has 0 bridgehead atoms. The van der Waals surface area contributed by atoms with Crippen molar-refractivity contribution in [1.29, 1.82) is 0 Å². The van der Waals surface area contributed by atoms with E-state index in [1.54, 1.807) is 36.4 Å². The highest BCUT2D eigenvalue weighted by molar-refractivity contribution is 6.13. The van der Waals surface area contributed by atoms with Gasteiger partial charge in [0.1, 0.15) is 11.2 Å². The second kappa shape index (κ2) is 14.7. The maximum atomic E-state index is 9.90. The third-order valence-corrected chi connectivity index (χ3v) is 10.5. The maximum Gasteiger partial charge on any atom is 0.166 e. The molecule has 0 amide bonds. The maximum absolute atomic E-state index is 9.90. The predicted molar refractivity (Wildman–Crippen MR) is 254 cm³/mol. The van der Waals surface area contributed by atoms with Gasteiger partial charge in [0, 0.05) is 38.2 Å². The van der Waals surface area contributed by atoms with E-state index in [0.29, 0.717) is 11.1 Å². The van der Waals surface area contributed by atoms with Crippen LogP contribution in [0.25, 0.3) is 117 Å². The van der Waals surface area contributed by atoms with Crippen LogP contribution >= 0.6 is 0 Å². The SMILES string of the molecule is [2H]c1c([2H])c([2H])c(-c2c([2H])c([2H])c3c(c2[2H])c2c([2H])c([2H])c([2H])c([2H])c2n3-c2cc(-c3c([2H])c([2H])c([2H])c4oc5c([2H])c([2H])c([2H])c([2H])c5c34)ccc2-c2nc(-c3ccccc3)nc(-c3cccc(-c4ccccc4)c3)n2)c([2H])c1[2H]. The first-order chi connectivity index (χ1) is 38.6. The predicted octanol–water partition coefficient (Wildman–Crippen LogP) is 14.9. The average Bonchev–Trinajstić information content (AvgIpc) is 3.00. The van der Waals surface area contributed by atoms with E-state index in [-0.39, 0.29) is 83.6 Å². The van der Waals surface area contributed by atoms with Gasteiger partial charge in [0.2, 0.25) is 0 Å². The molecule has 9 aromatic carbocycles. The van der Waals surface area contributed by atoms with E-state index in [1.807, 2.05) is 48.5 Å². The Hall–Kier alpha value is -8.41. The number of hydrogen-bond acceptors (Lipinski definition) is 4. The van der Waals surface area contributed by atoms with Crippen molar-refractivity contribution in [3.8, 4) is 73.2 Å². The Morgan fingerprint density at radius 1 is 0.387 bits per heavy atom. The minimum atomic E-state index is -0.811. The van der Waals surface area contributed by atoms with E-state index in [0.717, 1.165) is 11.1 Å². The molecule has 0 N–H and O–H groups in total. The van der Waals surface area contributed by atoms with Crippen LogP contribution < -0.4 is 0 Å². The standard InChI is InChI=1S/C57H36N4O/c1-4-16-37(17-5-1)40-22-14-23-43(34-40)56-58-55(39-20-8-3-9-21-39)59-57(60-56)46-32-30-42(44-26-15-29-53-54(44)47-25-11-13-28-52(47)62-53)36-51(46)61-49-27-12-10-24-45(49)48-35-41(31-33-50(48)61)38-18-6-2-7-19-38/h1-36H/i2D,6D,7D,10D,11D,12D,13D,15D,18D,19D,24D,25D,26D,27D,28D,29D,31D,33D,35D. The molecule has 12 aromatic rings. The zero-order chi connectivity index (χ0) is 57.5. The van der Waals surface area contributed by atoms with Gasteiger partial charge in [0.15, 0.2) is 17.5 Å². The topological polar surface area (TPSA) is 56.7 Å². The fraction of sp³-hybridized carbons (Fsp3) is 0. The Kier molecular flexibility index (Phi) is 5.03. The first kappa shape index (κ1) is 21.2. The fourth-order valence-corrected chi connectivity index (χ4v) is 7.70. The van der Waals surface area contributed by atoms with Crippen molar-refractivity contribution in [2.24, 2.45) is 0 Å². The van der Waals surface area contributed by atoms with Crippen LogP contribution in [-0.2, 0) is 0 Å². The fourth-order valence-electron chi connectivity index (χ4n) is 7.70. The summed E-state index contributed by atoms with van der Waals surface area (Å²) in [7, 11) is 0. The van der Waals surface area contributed by atoms with Crippen LogP contribution in [0.4, 0.5) is 0 Å². The minimum Gasteiger partial charge on any atom is -0.456 e. The monoisotopic (exact) mass is 811 g/mol. The van der Waals surface area contributed by atoms with E-state index in [2.05, 4.69) is 0 Å². The molecule has 0 unspecified atom stereocenters. The lowest BCUT2D eigenvalue weighted by atomic mass is 9.97. The van der Waals surface area contributed by atoms with E-state index in [4.69, 9.17) is 37.2 Å². The van der Waals surface area contributed by atoms with Crippen LogP contribution in [0.5, 0.6) is 0 Å². The molecule has 5 heteroatoms. The molecule has 0 atom stereocenters. The zero-order valence-corrected chi connectivity index (χ0v) is 32.0. The first-order valence-corrected chi connectivity index (χ1v) is 19.3. The Morgan fingerprint density at radius 3 is 1.89 bits per heavy atom. The third kappa shape index (κ3) is 6.06. The third-order valence-electron chi connectivity index (χ3n) is 10.5. The zero-order valence-electron chi connectivity index (χ0n) is 51.0. The summed E-state index contributed by atoms with van der Waals surface area (Å²) >= 11 is 0. The Bertz CT molecular complexity index is 4730. The molecular formula is C57H36N4O. The second-order valence-electron chi connectivity index (χ2n) is 14.1. The molecule has 0 aliphatic heterocycles. The summed E-state index contributed by atoms with van der Waals surface area (Å²) in [6, 6.07) is 17.0. The summed E-state index contributed by atoms with van der Waals surface area (Å²) in [6.07, 6.45) is 0. The number of aromatic nitrogens is 4. The van der Waals surface area contributed by atoms with Crippen LogP contribution in [0.3, 0.4) is 0 Å². The van der Waals surface area contributed by atoms with Crippen LogP contribution in [0.2, 0.25) is 0 Å². The molecule has 3 heterocycles. The number of para-hydroxylation sites is 2. The van der Waals surface area contributed by atoms with Gasteiger partial charge in [-0.25, -0.2) is 15.0 Å². The van der Waals surface area contributed by atoms with Gasteiger partial charge < -0.3 is 8.98 Å². The highest BCUT2D eigenvalue weighted by atomic mass is 16.3. The van der Waals surface area contributed by atoms with Gasteiger partial charge in [-0.05, 0) is 81.8 Å². The minimum absolute atomic E-state index is 0.01000. The molecule has 0 spiro atoms. The van der Waals surface area contributed by atoms with Gasteiger partial charge in [-0.15, -0.1) is 0 Å². The van der Waals surface area contributed by atoms with Gasteiger partial charge in [0.05, 0.1) is 42.8 Å². The number of benzene rings is 9. The van der Waals surface area contributed by atoms with Crippen LogP contribution in [-0.4, -0.2) is 19.5 Å².